The van der Waals surface area contributed by atoms with Gasteiger partial charge in [-0.3, -0.25) is 4.79 Å². The minimum absolute atomic E-state index is 0.183. The molecule has 0 spiro atoms. The molecule has 0 aliphatic heterocycles. The van der Waals surface area contributed by atoms with E-state index in [9.17, 15) is 27.9 Å². The predicted molar refractivity (Wildman–Crippen MR) is 149 cm³/mol. The molecule has 2 unspecified atom stereocenters. The van der Waals surface area contributed by atoms with Crippen LogP contribution in [0.4, 0.5) is 13.2 Å². The second-order valence-electron chi connectivity index (χ2n) is 7.12. The van der Waals surface area contributed by atoms with Crippen molar-refractivity contribution in [1.29, 1.82) is 0 Å². The highest BCUT2D eigenvalue weighted by molar-refractivity contribution is 6.30. The van der Waals surface area contributed by atoms with Gasteiger partial charge in [0.15, 0.2) is 0 Å². The number of ether oxygens (including phenoxy) is 1. The summed E-state index contributed by atoms with van der Waals surface area (Å²) in [5.41, 5.74) is 13.1. The average Bonchev–Trinajstić information content (AvgIpc) is 2.90. The van der Waals surface area contributed by atoms with Crippen molar-refractivity contribution in [3.05, 3.63) is 64.7 Å². The number of rotatable bonds is 9. The van der Waals surface area contributed by atoms with Gasteiger partial charge in [-0.15, -0.1) is 0 Å². The molecule has 0 aliphatic carbocycles. The SMILES string of the molecule is CC.CC.CCN.NC(CCCC[NH3+])C(=O)O.O=C(O)C(Oc1cccc(C(F)(F)F)c1)c1ccc(Cl)cc1. The van der Waals surface area contributed by atoms with Gasteiger partial charge in [-0.2, -0.15) is 13.2 Å². The first kappa shape index (κ1) is 40.6. The molecule has 12 heteroatoms. The smallest absolute Gasteiger partial charge is 0.416 e. The van der Waals surface area contributed by atoms with Crippen LogP contribution in [0.5, 0.6) is 5.75 Å². The second kappa shape index (κ2) is 24.2. The molecule has 2 aromatic rings. The molecule has 0 aliphatic rings. The minimum Gasteiger partial charge on any atom is -0.480 e. The Morgan fingerprint density at radius 1 is 1.00 bits per heavy atom. The van der Waals surface area contributed by atoms with Gasteiger partial charge in [0.1, 0.15) is 11.8 Å². The highest BCUT2D eigenvalue weighted by Crippen LogP contribution is 2.32. The van der Waals surface area contributed by atoms with E-state index in [0.29, 0.717) is 11.4 Å². The van der Waals surface area contributed by atoms with Crippen LogP contribution in [-0.2, 0) is 15.8 Å². The number of carboxylic acid groups (broad SMARTS) is 2. The van der Waals surface area contributed by atoms with Gasteiger partial charge in [0.2, 0.25) is 6.10 Å². The topological polar surface area (TPSA) is 164 Å². The third-order valence-corrected chi connectivity index (χ3v) is 4.40. The van der Waals surface area contributed by atoms with Crippen molar-refractivity contribution in [3.63, 3.8) is 0 Å². The monoisotopic (exact) mass is 582 g/mol. The van der Waals surface area contributed by atoms with Crippen LogP contribution in [-0.4, -0.2) is 41.3 Å². The van der Waals surface area contributed by atoms with E-state index < -0.39 is 35.8 Å². The fraction of sp³-hybridized carbons (Fsp3) is 0.481. The molecule has 0 bridgehead atoms. The van der Waals surface area contributed by atoms with E-state index in [1.807, 2.05) is 34.6 Å². The molecule has 2 rings (SSSR count). The first-order valence-electron chi connectivity index (χ1n) is 12.7. The Bertz CT molecular complexity index is 901. The summed E-state index contributed by atoms with van der Waals surface area (Å²) < 4.78 is 43.1. The van der Waals surface area contributed by atoms with Crippen molar-refractivity contribution >= 4 is 23.5 Å². The fourth-order valence-corrected chi connectivity index (χ4v) is 2.57. The van der Waals surface area contributed by atoms with E-state index in [4.69, 9.17) is 32.9 Å². The molecule has 0 heterocycles. The summed E-state index contributed by atoms with van der Waals surface area (Å²) >= 11 is 5.71. The van der Waals surface area contributed by atoms with Crippen molar-refractivity contribution in [2.75, 3.05) is 13.1 Å². The van der Waals surface area contributed by atoms with E-state index in [0.717, 1.165) is 44.1 Å². The first-order chi connectivity index (χ1) is 18.4. The minimum atomic E-state index is -4.53. The van der Waals surface area contributed by atoms with Crippen molar-refractivity contribution in [1.82, 2.24) is 0 Å². The summed E-state index contributed by atoms with van der Waals surface area (Å²) in [6, 6.07) is 9.19. The Labute approximate surface area is 234 Å². The summed E-state index contributed by atoms with van der Waals surface area (Å²) in [7, 11) is 0. The third-order valence-electron chi connectivity index (χ3n) is 4.14. The number of hydrogen-bond donors (Lipinski definition) is 5. The van der Waals surface area contributed by atoms with Crippen LogP contribution >= 0.6 is 11.6 Å². The van der Waals surface area contributed by atoms with Gasteiger partial charge in [0.05, 0.1) is 12.1 Å². The zero-order valence-corrected chi connectivity index (χ0v) is 24.1. The fourth-order valence-electron chi connectivity index (χ4n) is 2.44. The maximum Gasteiger partial charge on any atom is 0.416 e. The highest BCUT2D eigenvalue weighted by atomic mass is 35.5. The molecular formula is C27H44ClF3N3O5+. The number of aliphatic carboxylic acids is 2. The number of nitrogens with two attached hydrogens (primary N) is 2. The molecule has 8 nitrogen and oxygen atoms in total. The van der Waals surface area contributed by atoms with Crippen molar-refractivity contribution < 1.29 is 43.4 Å². The second-order valence-corrected chi connectivity index (χ2v) is 7.55. The molecule has 0 saturated carbocycles. The van der Waals surface area contributed by atoms with E-state index in [1.165, 1.54) is 30.3 Å². The molecule has 0 saturated heterocycles. The Balaban J connectivity index is -0.000000638. The number of carbonyl (C=O) groups is 2. The lowest BCUT2D eigenvalue weighted by Crippen LogP contribution is -2.50. The summed E-state index contributed by atoms with van der Waals surface area (Å²) in [5.74, 6) is -2.42. The average molecular weight is 583 g/mol. The van der Waals surface area contributed by atoms with E-state index in [2.05, 4.69) is 5.73 Å². The number of benzene rings is 2. The van der Waals surface area contributed by atoms with Gasteiger partial charge in [-0.05, 0) is 56.1 Å². The molecule has 224 valence electrons. The van der Waals surface area contributed by atoms with Crippen LogP contribution in [0.3, 0.4) is 0 Å². The predicted octanol–water partition coefficient (Wildman–Crippen LogP) is 5.39. The highest BCUT2D eigenvalue weighted by Gasteiger charge is 2.31. The maximum absolute atomic E-state index is 12.6. The molecule has 0 fully saturated rings. The van der Waals surface area contributed by atoms with Gasteiger partial charge in [-0.1, -0.05) is 64.4 Å². The standard InChI is InChI=1S/C15H10ClF3O3.C6H14N2O2.C2H7N.2C2H6/c16-11-6-4-9(5-7-11)13(14(20)21)22-12-3-1-2-10(8-12)15(17,18)19;7-4-2-1-3-5(8)6(9)10;1-2-3;2*1-2/h1-8,13H,(H,20,21);5H,1-4,7-8H2,(H,9,10);2-3H2,1H3;2*1-2H3/p+1. The quantitative estimate of drug-likeness (QED) is 0.247. The number of quaternary nitrogens is 1. The van der Waals surface area contributed by atoms with Crippen molar-refractivity contribution in [3.8, 4) is 5.75 Å². The molecule has 2 aromatic carbocycles. The van der Waals surface area contributed by atoms with Gasteiger partial charge in [-0.25, -0.2) is 4.79 Å². The Kier molecular flexibility index (Phi) is 25.2. The van der Waals surface area contributed by atoms with Crippen LogP contribution in [0.2, 0.25) is 5.02 Å². The number of alkyl halides is 3. The zero-order chi connectivity index (χ0) is 31.0. The lowest BCUT2D eigenvalue weighted by Gasteiger charge is -2.16. The van der Waals surface area contributed by atoms with E-state index in [-0.39, 0.29) is 11.3 Å². The summed E-state index contributed by atoms with van der Waals surface area (Å²) in [5, 5.41) is 18.0. The number of carboxylic acids is 2. The van der Waals surface area contributed by atoms with Crippen molar-refractivity contribution in [2.24, 2.45) is 11.5 Å². The molecule has 39 heavy (non-hydrogen) atoms. The normalized spacial score (nSPS) is 11.3. The molecular weight excluding hydrogens is 539 g/mol. The molecule has 2 atom stereocenters. The van der Waals surface area contributed by atoms with Crippen LogP contribution in [0.15, 0.2) is 48.5 Å². The molecule has 0 aromatic heterocycles. The van der Waals surface area contributed by atoms with Crippen LogP contribution < -0.4 is 21.9 Å². The molecule has 9 N–H and O–H groups in total. The zero-order valence-electron chi connectivity index (χ0n) is 23.3. The van der Waals surface area contributed by atoms with E-state index >= 15 is 0 Å². The van der Waals surface area contributed by atoms with Gasteiger partial charge in [0.25, 0.3) is 0 Å². The van der Waals surface area contributed by atoms with Gasteiger partial charge in [0, 0.05) is 10.6 Å². The van der Waals surface area contributed by atoms with Gasteiger partial charge < -0.3 is 32.2 Å². The number of hydrogen-bond acceptors (Lipinski definition) is 5. The molecule has 0 radical (unpaired) electrons. The maximum atomic E-state index is 12.6. The summed E-state index contributed by atoms with van der Waals surface area (Å²) in [6.45, 7) is 11.5. The lowest BCUT2D eigenvalue weighted by atomic mass is 10.1. The Morgan fingerprint density at radius 2 is 1.51 bits per heavy atom. The first-order valence-corrected chi connectivity index (χ1v) is 13.0. The Morgan fingerprint density at radius 3 is 1.92 bits per heavy atom. The summed E-state index contributed by atoms with van der Waals surface area (Å²) in [4.78, 5) is 21.4. The van der Waals surface area contributed by atoms with Crippen LogP contribution in [0.25, 0.3) is 0 Å². The Hall–Kier alpha value is -2.86. The van der Waals surface area contributed by atoms with Gasteiger partial charge >= 0.3 is 18.1 Å². The van der Waals surface area contributed by atoms with Crippen molar-refractivity contribution in [2.45, 2.75) is 72.2 Å². The lowest BCUT2D eigenvalue weighted by molar-refractivity contribution is -0.368. The van der Waals surface area contributed by atoms with Crippen LogP contribution in [0.1, 0.15) is 71.1 Å². The molecule has 0 amide bonds. The summed E-state index contributed by atoms with van der Waals surface area (Å²) in [6.07, 6.45) is -3.58. The third kappa shape index (κ3) is 19.8. The van der Waals surface area contributed by atoms with Crippen LogP contribution in [0, 0.1) is 0 Å². The number of unbranched alkanes of at least 4 members (excludes halogenated alkanes) is 1. The van der Waals surface area contributed by atoms with E-state index in [1.54, 1.807) is 0 Å². The number of halogens is 4. The largest absolute Gasteiger partial charge is 0.480 e.